The molecule has 0 radical (unpaired) electrons. The average Bonchev–Trinajstić information content (AvgIpc) is 3.14. The fourth-order valence-electron chi connectivity index (χ4n) is 2.68. The molecule has 1 aliphatic rings. The summed E-state index contributed by atoms with van der Waals surface area (Å²) in [6, 6.07) is 14.6. The van der Waals surface area contributed by atoms with Gasteiger partial charge in [0.15, 0.2) is 0 Å². The quantitative estimate of drug-likeness (QED) is 0.828. The highest BCUT2D eigenvalue weighted by Crippen LogP contribution is 2.20. The lowest BCUT2D eigenvalue weighted by Gasteiger charge is -2.14. The molecule has 0 unspecified atom stereocenters. The SMILES string of the molecule is O=C(NC[C@H]1CCCO1)c1ccccc1NS(=O)(=O)c1ccccc1. The van der Waals surface area contributed by atoms with E-state index in [1.165, 1.54) is 12.1 Å². The van der Waals surface area contributed by atoms with Crippen LogP contribution in [-0.4, -0.2) is 33.6 Å². The molecule has 1 fully saturated rings. The average molecular weight is 360 g/mol. The number of rotatable bonds is 6. The van der Waals surface area contributed by atoms with Crippen molar-refractivity contribution in [1.82, 2.24) is 5.32 Å². The maximum absolute atomic E-state index is 12.5. The zero-order chi connectivity index (χ0) is 17.7. The van der Waals surface area contributed by atoms with E-state index in [-0.39, 0.29) is 28.2 Å². The van der Waals surface area contributed by atoms with Crippen LogP contribution < -0.4 is 10.0 Å². The van der Waals surface area contributed by atoms with Gasteiger partial charge < -0.3 is 10.1 Å². The number of para-hydroxylation sites is 1. The van der Waals surface area contributed by atoms with Gasteiger partial charge in [0, 0.05) is 13.2 Å². The van der Waals surface area contributed by atoms with Gasteiger partial charge in [0.05, 0.1) is 22.3 Å². The third-order valence-electron chi connectivity index (χ3n) is 3.98. The van der Waals surface area contributed by atoms with Crippen molar-refractivity contribution >= 4 is 21.6 Å². The van der Waals surface area contributed by atoms with Crippen molar-refractivity contribution in [2.24, 2.45) is 0 Å². The van der Waals surface area contributed by atoms with E-state index in [1.54, 1.807) is 42.5 Å². The molecule has 2 aromatic carbocycles. The van der Waals surface area contributed by atoms with Gasteiger partial charge in [-0.25, -0.2) is 8.42 Å². The molecule has 1 aliphatic heterocycles. The van der Waals surface area contributed by atoms with E-state index in [2.05, 4.69) is 10.0 Å². The van der Waals surface area contributed by atoms with E-state index in [0.717, 1.165) is 12.8 Å². The molecule has 2 N–H and O–H groups in total. The second kappa shape index (κ2) is 7.67. The minimum Gasteiger partial charge on any atom is -0.376 e. The highest BCUT2D eigenvalue weighted by Gasteiger charge is 2.20. The highest BCUT2D eigenvalue weighted by atomic mass is 32.2. The number of hydrogen-bond acceptors (Lipinski definition) is 4. The van der Waals surface area contributed by atoms with Crippen molar-refractivity contribution in [2.75, 3.05) is 17.9 Å². The highest BCUT2D eigenvalue weighted by molar-refractivity contribution is 7.92. The number of carbonyl (C=O) groups excluding carboxylic acids is 1. The zero-order valence-corrected chi connectivity index (χ0v) is 14.5. The van der Waals surface area contributed by atoms with Gasteiger partial charge in [-0.15, -0.1) is 0 Å². The molecule has 6 nitrogen and oxygen atoms in total. The number of ether oxygens (including phenoxy) is 1. The van der Waals surface area contributed by atoms with Crippen LogP contribution in [0.4, 0.5) is 5.69 Å². The second-order valence-corrected chi connectivity index (χ2v) is 7.49. The van der Waals surface area contributed by atoms with Crippen molar-refractivity contribution in [3.05, 3.63) is 60.2 Å². The Labute approximate surface area is 147 Å². The van der Waals surface area contributed by atoms with Crippen molar-refractivity contribution < 1.29 is 17.9 Å². The molecule has 1 saturated heterocycles. The fourth-order valence-corrected chi connectivity index (χ4v) is 3.78. The molecule has 2 aromatic rings. The van der Waals surface area contributed by atoms with E-state index < -0.39 is 10.0 Å². The largest absolute Gasteiger partial charge is 0.376 e. The molecule has 0 aliphatic carbocycles. The summed E-state index contributed by atoms with van der Waals surface area (Å²) >= 11 is 0. The van der Waals surface area contributed by atoms with E-state index in [4.69, 9.17) is 4.74 Å². The predicted octanol–water partition coefficient (Wildman–Crippen LogP) is 2.40. The molecular weight excluding hydrogens is 340 g/mol. The Hall–Kier alpha value is -2.38. The van der Waals surface area contributed by atoms with Crippen LogP contribution in [0.1, 0.15) is 23.2 Å². The van der Waals surface area contributed by atoms with Crippen LogP contribution in [0.3, 0.4) is 0 Å². The van der Waals surface area contributed by atoms with Gasteiger partial charge in [-0.1, -0.05) is 30.3 Å². The summed E-state index contributed by atoms with van der Waals surface area (Å²) in [7, 11) is -3.75. The Balaban J connectivity index is 1.75. The second-order valence-electron chi connectivity index (χ2n) is 5.81. The first-order chi connectivity index (χ1) is 12.1. The summed E-state index contributed by atoms with van der Waals surface area (Å²) in [6.07, 6.45) is 1.94. The normalized spacial score (nSPS) is 17.2. The first kappa shape index (κ1) is 17.4. The standard InChI is InChI=1S/C18H20N2O4S/c21-18(19-13-14-7-6-12-24-14)16-10-4-5-11-17(16)20-25(22,23)15-8-2-1-3-9-15/h1-5,8-11,14,20H,6-7,12-13H2,(H,19,21)/t14-/m1/s1. The van der Waals surface area contributed by atoms with Gasteiger partial charge in [-0.2, -0.15) is 0 Å². The topological polar surface area (TPSA) is 84.5 Å². The smallest absolute Gasteiger partial charge is 0.261 e. The number of anilines is 1. The number of amides is 1. The van der Waals surface area contributed by atoms with Crippen LogP contribution in [0.2, 0.25) is 0 Å². The number of hydrogen-bond donors (Lipinski definition) is 2. The van der Waals surface area contributed by atoms with Gasteiger partial charge in [0.1, 0.15) is 0 Å². The minimum absolute atomic E-state index is 0.0251. The van der Waals surface area contributed by atoms with Crippen LogP contribution in [0.15, 0.2) is 59.5 Å². The number of benzene rings is 2. The van der Waals surface area contributed by atoms with Crippen LogP contribution in [0, 0.1) is 0 Å². The Kier molecular flexibility index (Phi) is 5.35. The minimum atomic E-state index is -3.75. The van der Waals surface area contributed by atoms with Gasteiger partial charge in [0.25, 0.3) is 15.9 Å². The van der Waals surface area contributed by atoms with Crippen LogP contribution in [0.25, 0.3) is 0 Å². The molecule has 1 heterocycles. The lowest BCUT2D eigenvalue weighted by molar-refractivity contribution is 0.0858. The Morgan fingerprint density at radius 3 is 2.52 bits per heavy atom. The van der Waals surface area contributed by atoms with Crippen molar-refractivity contribution in [2.45, 2.75) is 23.8 Å². The molecule has 0 saturated carbocycles. The number of carbonyl (C=O) groups is 1. The molecule has 3 rings (SSSR count). The summed E-state index contributed by atoms with van der Waals surface area (Å²) in [5.74, 6) is -0.332. The number of sulfonamides is 1. The Morgan fingerprint density at radius 2 is 1.80 bits per heavy atom. The van der Waals surface area contributed by atoms with Crippen LogP contribution in [0.5, 0.6) is 0 Å². The molecule has 1 atom stereocenters. The van der Waals surface area contributed by atoms with Gasteiger partial charge in [0.2, 0.25) is 0 Å². The maximum Gasteiger partial charge on any atom is 0.261 e. The lowest BCUT2D eigenvalue weighted by atomic mass is 10.1. The first-order valence-corrected chi connectivity index (χ1v) is 9.61. The summed E-state index contributed by atoms with van der Waals surface area (Å²) in [4.78, 5) is 12.6. The van der Waals surface area contributed by atoms with Crippen molar-refractivity contribution in [3.63, 3.8) is 0 Å². The lowest BCUT2D eigenvalue weighted by Crippen LogP contribution is -2.32. The van der Waals surface area contributed by atoms with E-state index in [1.807, 2.05) is 0 Å². The summed E-state index contributed by atoms with van der Waals surface area (Å²) in [5, 5.41) is 2.81. The molecule has 0 bridgehead atoms. The maximum atomic E-state index is 12.5. The van der Waals surface area contributed by atoms with Gasteiger partial charge in [-0.3, -0.25) is 9.52 Å². The van der Waals surface area contributed by atoms with Crippen molar-refractivity contribution in [1.29, 1.82) is 0 Å². The fraction of sp³-hybridized carbons (Fsp3) is 0.278. The van der Waals surface area contributed by atoms with Crippen LogP contribution >= 0.6 is 0 Å². The van der Waals surface area contributed by atoms with Crippen molar-refractivity contribution in [3.8, 4) is 0 Å². The molecule has 25 heavy (non-hydrogen) atoms. The molecule has 0 spiro atoms. The van der Waals surface area contributed by atoms with Gasteiger partial charge in [-0.05, 0) is 37.1 Å². The Bertz CT molecular complexity index is 831. The predicted molar refractivity (Wildman–Crippen MR) is 95.0 cm³/mol. The van der Waals surface area contributed by atoms with E-state index >= 15 is 0 Å². The molecule has 132 valence electrons. The molecule has 0 aromatic heterocycles. The van der Waals surface area contributed by atoms with E-state index in [0.29, 0.717) is 13.2 Å². The molecule has 7 heteroatoms. The summed E-state index contributed by atoms with van der Waals surface area (Å²) < 4.78 is 32.9. The zero-order valence-electron chi connectivity index (χ0n) is 13.6. The Morgan fingerprint density at radius 1 is 1.08 bits per heavy atom. The molecular formula is C18H20N2O4S. The van der Waals surface area contributed by atoms with Gasteiger partial charge >= 0.3 is 0 Å². The monoisotopic (exact) mass is 360 g/mol. The first-order valence-electron chi connectivity index (χ1n) is 8.13. The van der Waals surface area contributed by atoms with E-state index in [9.17, 15) is 13.2 Å². The van der Waals surface area contributed by atoms with Crippen LogP contribution in [-0.2, 0) is 14.8 Å². The third-order valence-corrected chi connectivity index (χ3v) is 5.37. The third kappa shape index (κ3) is 4.37. The summed E-state index contributed by atoms with van der Waals surface area (Å²) in [6.45, 7) is 1.13. The molecule has 1 amide bonds. The summed E-state index contributed by atoms with van der Waals surface area (Å²) in [5.41, 5.74) is 0.524. The number of nitrogens with one attached hydrogen (secondary N) is 2.